The second-order valence-electron chi connectivity index (χ2n) is 4.01. The number of aliphatic hydroxyl groups excluding tert-OH is 1. The third-order valence-corrected chi connectivity index (χ3v) is 4.36. The van der Waals surface area contributed by atoms with Crippen LogP contribution < -0.4 is 0 Å². The van der Waals surface area contributed by atoms with Crippen molar-refractivity contribution >= 4 is 9.84 Å². The molecular formula is C12H14N2O4S. The van der Waals surface area contributed by atoms with Crippen molar-refractivity contribution < 1.29 is 18.2 Å². The van der Waals surface area contributed by atoms with Crippen molar-refractivity contribution in [3.63, 3.8) is 0 Å². The molecule has 1 aromatic heterocycles. The van der Waals surface area contributed by atoms with Gasteiger partial charge in [0.2, 0.25) is 14.9 Å². The molecule has 0 aliphatic carbocycles. The van der Waals surface area contributed by atoms with Gasteiger partial charge < -0.3 is 5.11 Å². The highest BCUT2D eigenvalue weighted by Gasteiger charge is 2.26. The Kier molecular flexibility index (Phi) is 4.28. The van der Waals surface area contributed by atoms with Gasteiger partial charge in [-0.2, -0.15) is 0 Å². The van der Waals surface area contributed by atoms with Gasteiger partial charge in [0, 0.05) is 6.61 Å². The molecule has 0 amide bonds. The summed E-state index contributed by atoms with van der Waals surface area (Å²) in [4.78, 5) is 0.161. The number of hydrogen-bond donors (Lipinski definition) is 1. The maximum Gasteiger partial charge on any atom is 0.229 e. The Labute approximate surface area is 111 Å². The van der Waals surface area contributed by atoms with Crippen LogP contribution in [0.2, 0.25) is 0 Å². The van der Waals surface area contributed by atoms with E-state index in [0.717, 1.165) is 0 Å². The summed E-state index contributed by atoms with van der Waals surface area (Å²) >= 11 is 0. The second kappa shape index (κ2) is 5.94. The van der Waals surface area contributed by atoms with Crippen molar-refractivity contribution in [2.24, 2.45) is 0 Å². The summed E-state index contributed by atoms with van der Waals surface area (Å²) in [6.07, 6.45) is 1.62. The molecule has 1 aromatic carbocycles. The summed E-state index contributed by atoms with van der Waals surface area (Å²) in [6, 6.07) is 8.03. The lowest BCUT2D eigenvalue weighted by atomic mass is 10.2. The van der Waals surface area contributed by atoms with E-state index in [2.05, 4.69) is 14.9 Å². The van der Waals surface area contributed by atoms with Crippen LogP contribution in [0.5, 0.6) is 0 Å². The topological polar surface area (TPSA) is 93.3 Å². The molecule has 7 heteroatoms. The number of unbranched alkanes of at least 4 members (excludes halogenated alkanes) is 1. The average molecular weight is 282 g/mol. The zero-order valence-electron chi connectivity index (χ0n) is 10.2. The highest BCUT2D eigenvalue weighted by molar-refractivity contribution is 7.91. The molecule has 0 unspecified atom stereocenters. The second-order valence-corrected chi connectivity index (χ2v) is 5.88. The molecule has 0 aliphatic rings. The number of hydrogen-bond acceptors (Lipinski definition) is 6. The van der Waals surface area contributed by atoms with Gasteiger partial charge in [-0.1, -0.05) is 23.4 Å². The number of rotatable bonds is 6. The van der Waals surface area contributed by atoms with Crippen molar-refractivity contribution in [1.82, 2.24) is 10.3 Å². The normalized spacial score (nSPS) is 11.6. The van der Waals surface area contributed by atoms with E-state index in [0.29, 0.717) is 25.0 Å². The van der Waals surface area contributed by atoms with Crippen molar-refractivity contribution in [3.8, 4) is 0 Å². The molecule has 0 fully saturated rings. The highest BCUT2D eigenvalue weighted by atomic mass is 32.2. The van der Waals surface area contributed by atoms with E-state index in [1.54, 1.807) is 18.2 Å². The molecule has 0 saturated heterocycles. The minimum atomic E-state index is -3.69. The van der Waals surface area contributed by atoms with Crippen LogP contribution in [-0.2, 0) is 16.3 Å². The van der Waals surface area contributed by atoms with Crippen molar-refractivity contribution in [2.45, 2.75) is 29.2 Å². The molecule has 0 saturated carbocycles. The number of aromatic nitrogens is 2. The quantitative estimate of drug-likeness (QED) is 0.801. The standard InChI is InChI=1S/C12H14N2O4S/c15-9-5-4-8-11-12(14-18-13-11)19(16,17)10-6-2-1-3-7-10/h1-3,6-7,15H,4-5,8-9H2. The van der Waals surface area contributed by atoms with Crippen LogP contribution in [0.3, 0.4) is 0 Å². The molecular weight excluding hydrogens is 268 g/mol. The van der Waals surface area contributed by atoms with Gasteiger partial charge in [-0.05, 0) is 36.6 Å². The molecule has 0 spiro atoms. The lowest BCUT2D eigenvalue weighted by Gasteiger charge is -2.01. The predicted octanol–water partition coefficient (Wildman–Crippen LogP) is 1.22. The monoisotopic (exact) mass is 282 g/mol. The number of aryl methyl sites for hydroxylation is 1. The van der Waals surface area contributed by atoms with Crippen molar-refractivity contribution in [2.75, 3.05) is 6.61 Å². The van der Waals surface area contributed by atoms with Crippen LogP contribution in [0.1, 0.15) is 18.5 Å². The van der Waals surface area contributed by atoms with E-state index in [9.17, 15) is 8.42 Å². The fourth-order valence-corrected chi connectivity index (χ4v) is 2.99. The first-order valence-corrected chi connectivity index (χ1v) is 7.37. The molecule has 1 heterocycles. The minimum absolute atomic E-state index is 0.0616. The highest BCUT2D eigenvalue weighted by Crippen LogP contribution is 2.22. The Balaban J connectivity index is 2.29. The Morgan fingerprint density at radius 2 is 1.84 bits per heavy atom. The van der Waals surface area contributed by atoms with Gasteiger partial charge in [0.15, 0.2) is 0 Å². The van der Waals surface area contributed by atoms with Crippen LogP contribution in [0.25, 0.3) is 0 Å². The maximum absolute atomic E-state index is 12.3. The number of nitrogens with zero attached hydrogens (tertiary/aromatic N) is 2. The first-order chi connectivity index (χ1) is 9.16. The molecule has 2 aromatic rings. The number of benzene rings is 1. The Morgan fingerprint density at radius 3 is 2.53 bits per heavy atom. The molecule has 0 bridgehead atoms. The Bertz CT molecular complexity index is 622. The average Bonchev–Trinajstić information content (AvgIpc) is 2.89. The van der Waals surface area contributed by atoms with Crippen molar-refractivity contribution in [3.05, 3.63) is 36.0 Å². The van der Waals surface area contributed by atoms with Gasteiger partial charge in [-0.25, -0.2) is 13.0 Å². The summed E-state index contributed by atoms with van der Waals surface area (Å²) in [6.45, 7) is 0.0616. The zero-order valence-corrected chi connectivity index (χ0v) is 11.0. The molecule has 6 nitrogen and oxygen atoms in total. The van der Waals surface area contributed by atoms with Crippen LogP contribution in [0.15, 0.2) is 44.9 Å². The summed E-state index contributed by atoms with van der Waals surface area (Å²) in [5.41, 5.74) is 0.303. The van der Waals surface area contributed by atoms with E-state index in [1.165, 1.54) is 12.1 Å². The number of sulfone groups is 1. The van der Waals surface area contributed by atoms with Crippen LogP contribution in [-0.4, -0.2) is 30.4 Å². The van der Waals surface area contributed by atoms with E-state index >= 15 is 0 Å². The third kappa shape index (κ3) is 2.99. The summed E-state index contributed by atoms with van der Waals surface area (Å²) < 4.78 is 29.2. The van der Waals surface area contributed by atoms with Gasteiger partial charge in [0.1, 0.15) is 5.69 Å². The SMILES string of the molecule is O=S(=O)(c1ccccc1)c1nonc1CCCCO. The minimum Gasteiger partial charge on any atom is -0.396 e. The third-order valence-electron chi connectivity index (χ3n) is 2.65. The van der Waals surface area contributed by atoms with E-state index in [-0.39, 0.29) is 16.5 Å². The lowest BCUT2D eigenvalue weighted by molar-refractivity contribution is 0.282. The van der Waals surface area contributed by atoms with E-state index in [4.69, 9.17) is 5.11 Å². The summed E-state index contributed by atoms with van der Waals surface area (Å²) in [7, 11) is -3.69. The molecule has 1 N–H and O–H groups in total. The first-order valence-electron chi connectivity index (χ1n) is 5.88. The van der Waals surface area contributed by atoms with Gasteiger partial charge >= 0.3 is 0 Å². The van der Waals surface area contributed by atoms with Gasteiger partial charge in [-0.15, -0.1) is 0 Å². The number of aliphatic hydroxyl groups is 1. The van der Waals surface area contributed by atoms with Crippen LogP contribution >= 0.6 is 0 Å². The fourth-order valence-electron chi connectivity index (χ4n) is 1.67. The summed E-state index contributed by atoms with van der Waals surface area (Å²) in [5, 5.41) is 15.7. The van der Waals surface area contributed by atoms with Crippen LogP contribution in [0.4, 0.5) is 0 Å². The predicted molar refractivity (Wildman–Crippen MR) is 66.2 cm³/mol. The largest absolute Gasteiger partial charge is 0.396 e. The smallest absolute Gasteiger partial charge is 0.229 e. The van der Waals surface area contributed by atoms with Gasteiger partial charge in [0.25, 0.3) is 0 Å². The van der Waals surface area contributed by atoms with Gasteiger partial charge in [0.05, 0.1) is 4.90 Å². The molecule has 0 aliphatic heterocycles. The first kappa shape index (κ1) is 13.7. The van der Waals surface area contributed by atoms with E-state index in [1.807, 2.05) is 0 Å². The van der Waals surface area contributed by atoms with E-state index < -0.39 is 9.84 Å². The van der Waals surface area contributed by atoms with Gasteiger partial charge in [-0.3, -0.25) is 0 Å². The zero-order chi connectivity index (χ0) is 13.7. The molecule has 2 rings (SSSR count). The summed E-state index contributed by atoms with van der Waals surface area (Å²) in [5.74, 6) is 0. The molecule has 102 valence electrons. The van der Waals surface area contributed by atoms with Crippen LogP contribution in [0, 0.1) is 0 Å². The Morgan fingerprint density at radius 1 is 1.11 bits per heavy atom. The molecule has 0 atom stereocenters. The molecule has 0 radical (unpaired) electrons. The molecule has 19 heavy (non-hydrogen) atoms. The maximum atomic E-state index is 12.3. The lowest BCUT2D eigenvalue weighted by Crippen LogP contribution is -2.06. The fraction of sp³-hybridized carbons (Fsp3) is 0.333. The van der Waals surface area contributed by atoms with Crippen molar-refractivity contribution in [1.29, 1.82) is 0 Å². The Hall–Kier alpha value is -1.73.